The molecule has 1 saturated carbocycles. The van der Waals surface area contributed by atoms with Crippen molar-refractivity contribution in [2.75, 3.05) is 0 Å². The lowest BCUT2D eigenvalue weighted by atomic mass is 9.93. The van der Waals surface area contributed by atoms with Crippen molar-refractivity contribution in [3.05, 3.63) is 33.8 Å². The SMILES string of the molecule is O=C(O)C1Cc2c(Br)cccc2CN1C(=O)CCC1CC1. The third kappa shape index (κ3) is 3.12. The smallest absolute Gasteiger partial charge is 0.326 e. The maximum absolute atomic E-state index is 12.4. The minimum Gasteiger partial charge on any atom is -0.480 e. The third-order valence-corrected chi connectivity index (χ3v) is 5.14. The van der Waals surface area contributed by atoms with Crippen LogP contribution < -0.4 is 0 Å². The van der Waals surface area contributed by atoms with Crippen LogP contribution in [-0.4, -0.2) is 27.9 Å². The largest absolute Gasteiger partial charge is 0.480 e. The summed E-state index contributed by atoms with van der Waals surface area (Å²) in [5.74, 6) is -0.264. The average Bonchev–Trinajstić information content (AvgIpc) is 3.28. The molecule has 0 aromatic heterocycles. The number of amides is 1. The zero-order chi connectivity index (χ0) is 15.0. The quantitative estimate of drug-likeness (QED) is 0.906. The highest BCUT2D eigenvalue weighted by molar-refractivity contribution is 9.10. The summed E-state index contributed by atoms with van der Waals surface area (Å²) < 4.78 is 0.927. The predicted octanol–water partition coefficient (Wildman–Crippen LogP) is 2.98. The molecule has 0 bridgehead atoms. The van der Waals surface area contributed by atoms with Gasteiger partial charge >= 0.3 is 5.97 Å². The summed E-state index contributed by atoms with van der Waals surface area (Å²) in [6.07, 6.45) is 4.17. The number of aliphatic carboxylic acids is 1. The first kappa shape index (κ1) is 14.6. The van der Waals surface area contributed by atoms with E-state index in [0.717, 1.165) is 22.0 Å². The normalized spacial score (nSPS) is 21.0. The van der Waals surface area contributed by atoms with Gasteiger partial charge in [-0.1, -0.05) is 40.9 Å². The van der Waals surface area contributed by atoms with Gasteiger partial charge in [-0.15, -0.1) is 0 Å². The first-order chi connectivity index (χ1) is 10.1. The Morgan fingerprint density at radius 1 is 1.33 bits per heavy atom. The molecule has 1 amide bonds. The molecule has 1 fully saturated rings. The summed E-state index contributed by atoms with van der Waals surface area (Å²) in [4.78, 5) is 25.5. The molecule has 4 nitrogen and oxygen atoms in total. The van der Waals surface area contributed by atoms with Crippen molar-refractivity contribution < 1.29 is 14.7 Å². The molecule has 1 aliphatic carbocycles. The van der Waals surface area contributed by atoms with E-state index in [0.29, 0.717) is 25.3 Å². The fraction of sp³-hybridized carbons (Fsp3) is 0.500. The Balaban J connectivity index is 1.80. The number of carbonyl (C=O) groups is 2. The topological polar surface area (TPSA) is 57.6 Å². The van der Waals surface area contributed by atoms with Crippen LogP contribution in [0.15, 0.2) is 22.7 Å². The van der Waals surface area contributed by atoms with E-state index in [1.165, 1.54) is 12.8 Å². The molecule has 1 heterocycles. The number of carbonyl (C=O) groups excluding carboxylic acids is 1. The number of nitrogens with zero attached hydrogens (tertiary/aromatic N) is 1. The molecule has 2 aliphatic rings. The summed E-state index contributed by atoms with van der Waals surface area (Å²) in [5, 5.41) is 9.45. The molecule has 1 aliphatic heterocycles. The summed E-state index contributed by atoms with van der Waals surface area (Å²) in [6, 6.07) is 5.07. The Morgan fingerprint density at radius 3 is 2.76 bits per heavy atom. The number of carboxylic acids is 1. The van der Waals surface area contributed by atoms with Gasteiger partial charge in [-0.05, 0) is 29.5 Å². The number of fused-ring (bicyclic) bond motifs is 1. The van der Waals surface area contributed by atoms with Gasteiger partial charge in [0.05, 0.1) is 0 Å². The molecule has 0 saturated heterocycles. The molecule has 21 heavy (non-hydrogen) atoms. The molecular formula is C16H18BrNO3. The van der Waals surface area contributed by atoms with E-state index in [1.807, 2.05) is 18.2 Å². The van der Waals surface area contributed by atoms with Crippen LogP contribution in [0.3, 0.4) is 0 Å². The second-order valence-corrected chi connectivity index (χ2v) is 6.79. The lowest BCUT2D eigenvalue weighted by molar-refractivity contribution is -0.151. The fourth-order valence-electron chi connectivity index (χ4n) is 2.94. The molecule has 1 aromatic rings. The number of hydrogen-bond donors (Lipinski definition) is 1. The minimum absolute atomic E-state index is 0.0278. The molecule has 1 unspecified atom stereocenters. The summed E-state index contributed by atoms with van der Waals surface area (Å²) in [5.41, 5.74) is 2.05. The first-order valence-corrected chi connectivity index (χ1v) is 8.14. The van der Waals surface area contributed by atoms with Gasteiger partial charge in [-0.2, -0.15) is 0 Å². The van der Waals surface area contributed by atoms with Crippen LogP contribution in [0.4, 0.5) is 0 Å². The number of carboxylic acid groups (broad SMARTS) is 1. The fourth-order valence-corrected chi connectivity index (χ4v) is 3.51. The second kappa shape index (κ2) is 5.79. The van der Waals surface area contributed by atoms with Crippen LogP contribution in [0.1, 0.15) is 36.8 Å². The van der Waals surface area contributed by atoms with E-state index < -0.39 is 12.0 Å². The number of hydrogen-bond acceptors (Lipinski definition) is 2. The van der Waals surface area contributed by atoms with Crippen LogP contribution in [0.5, 0.6) is 0 Å². The third-order valence-electron chi connectivity index (χ3n) is 4.40. The average molecular weight is 352 g/mol. The van der Waals surface area contributed by atoms with Crippen molar-refractivity contribution in [2.24, 2.45) is 5.92 Å². The van der Waals surface area contributed by atoms with Crippen molar-refractivity contribution in [1.82, 2.24) is 4.90 Å². The van der Waals surface area contributed by atoms with E-state index in [-0.39, 0.29) is 5.91 Å². The zero-order valence-corrected chi connectivity index (χ0v) is 13.3. The highest BCUT2D eigenvalue weighted by Gasteiger charge is 2.35. The Labute approximate surface area is 132 Å². The molecule has 1 N–H and O–H groups in total. The standard InChI is InChI=1S/C16H18BrNO3/c17-13-3-1-2-11-9-18(14(16(20)21)8-12(11)13)15(19)7-6-10-4-5-10/h1-3,10,14H,4-9H2,(H,20,21). The highest BCUT2D eigenvalue weighted by atomic mass is 79.9. The van der Waals surface area contributed by atoms with Gasteiger partial charge in [0.1, 0.15) is 6.04 Å². The predicted molar refractivity (Wildman–Crippen MR) is 81.8 cm³/mol. The second-order valence-electron chi connectivity index (χ2n) is 5.94. The molecule has 3 rings (SSSR count). The Morgan fingerprint density at radius 2 is 2.10 bits per heavy atom. The molecule has 5 heteroatoms. The van der Waals surface area contributed by atoms with Gasteiger partial charge in [0.2, 0.25) is 5.91 Å². The number of halogens is 1. The van der Waals surface area contributed by atoms with Crippen LogP contribution in [0.25, 0.3) is 0 Å². The summed E-state index contributed by atoms with van der Waals surface area (Å²) in [7, 11) is 0. The van der Waals surface area contributed by atoms with Crippen molar-refractivity contribution in [1.29, 1.82) is 0 Å². The molecule has 112 valence electrons. The Bertz CT molecular complexity index is 583. The van der Waals surface area contributed by atoms with Crippen LogP contribution >= 0.6 is 15.9 Å². The number of benzene rings is 1. The Hall–Kier alpha value is -1.36. The summed E-state index contributed by atoms with van der Waals surface area (Å²) in [6.45, 7) is 0.398. The molecule has 1 aromatic carbocycles. The van der Waals surface area contributed by atoms with E-state index >= 15 is 0 Å². The van der Waals surface area contributed by atoms with Gasteiger partial charge in [-0.25, -0.2) is 4.79 Å². The van der Waals surface area contributed by atoms with E-state index in [1.54, 1.807) is 4.90 Å². The van der Waals surface area contributed by atoms with Crippen LogP contribution in [0.2, 0.25) is 0 Å². The van der Waals surface area contributed by atoms with Gasteiger partial charge in [0.15, 0.2) is 0 Å². The molecule has 0 radical (unpaired) electrons. The lowest BCUT2D eigenvalue weighted by Gasteiger charge is -2.35. The number of rotatable bonds is 4. The molecule has 0 spiro atoms. The van der Waals surface area contributed by atoms with E-state index in [2.05, 4.69) is 15.9 Å². The lowest BCUT2D eigenvalue weighted by Crippen LogP contribution is -2.48. The van der Waals surface area contributed by atoms with Crippen molar-refractivity contribution in [2.45, 2.75) is 44.7 Å². The maximum atomic E-state index is 12.4. The van der Waals surface area contributed by atoms with Gasteiger partial charge in [0, 0.05) is 23.9 Å². The van der Waals surface area contributed by atoms with Gasteiger partial charge in [0.25, 0.3) is 0 Å². The van der Waals surface area contributed by atoms with Crippen molar-refractivity contribution in [3.8, 4) is 0 Å². The summed E-state index contributed by atoms with van der Waals surface area (Å²) >= 11 is 3.48. The minimum atomic E-state index is -0.920. The zero-order valence-electron chi connectivity index (χ0n) is 11.7. The molecular weight excluding hydrogens is 334 g/mol. The van der Waals surface area contributed by atoms with Crippen LogP contribution in [0, 0.1) is 5.92 Å². The van der Waals surface area contributed by atoms with E-state index in [9.17, 15) is 14.7 Å². The van der Waals surface area contributed by atoms with Crippen molar-refractivity contribution >= 4 is 27.8 Å². The van der Waals surface area contributed by atoms with Crippen LogP contribution in [-0.2, 0) is 22.6 Å². The Kier molecular flexibility index (Phi) is 4.02. The van der Waals surface area contributed by atoms with E-state index in [4.69, 9.17) is 0 Å². The highest BCUT2D eigenvalue weighted by Crippen LogP contribution is 2.35. The van der Waals surface area contributed by atoms with Crippen molar-refractivity contribution in [3.63, 3.8) is 0 Å². The molecule has 1 atom stereocenters. The van der Waals surface area contributed by atoms with Gasteiger partial charge < -0.3 is 10.0 Å². The van der Waals surface area contributed by atoms with Gasteiger partial charge in [-0.3, -0.25) is 4.79 Å². The first-order valence-electron chi connectivity index (χ1n) is 7.35. The monoisotopic (exact) mass is 351 g/mol. The maximum Gasteiger partial charge on any atom is 0.326 e.